The molecule has 0 spiro atoms. The molecular formula is C51H59N7O18. The van der Waals surface area contributed by atoms with E-state index in [0.29, 0.717) is 19.3 Å². The maximum Gasteiger partial charge on any atom is 0.319 e. The number of rotatable bonds is 14. The second kappa shape index (κ2) is 19.2. The Hall–Kier alpha value is -7.68. The smallest absolute Gasteiger partial charge is 0.319 e. The first-order valence-electron chi connectivity index (χ1n) is 24.3. The van der Waals surface area contributed by atoms with E-state index < -0.39 is 174 Å². The molecule has 6 aliphatic rings. The number of phenols is 2. The number of likely N-dealkylation sites (N-methyl/N-ethyl adjacent to an activating group) is 1. The van der Waals surface area contributed by atoms with Crippen molar-refractivity contribution in [2.45, 2.75) is 86.9 Å². The van der Waals surface area contributed by atoms with Crippen LogP contribution >= 0.6 is 0 Å². The van der Waals surface area contributed by atoms with Gasteiger partial charge < -0.3 is 83.8 Å². The van der Waals surface area contributed by atoms with Crippen LogP contribution in [0.4, 0.5) is 10.5 Å². The molecule has 5 amide bonds. The highest BCUT2D eigenvalue weighted by molar-refractivity contribution is 6.26. The number of nitrogens with two attached hydrogens (primary N) is 2. The third kappa shape index (κ3) is 8.06. The minimum atomic E-state index is -2.98. The number of anilines is 1. The molecule has 25 nitrogen and oxygen atoms in total. The number of ketones is 4. The average Bonchev–Trinajstić information content (AvgIpc) is 3.34. The molecule has 0 saturated heterocycles. The number of nitrogens with one attached hydrogen (secondary N) is 4. The van der Waals surface area contributed by atoms with Gasteiger partial charge in [0.25, 0.3) is 11.8 Å². The lowest BCUT2D eigenvalue weighted by Gasteiger charge is -2.53. The van der Waals surface area contributed by atoms with Gasteiger partial charge in [0.2, 0.25) is 17.5 Å². The number of Topliss-reactive ketones (excluding diaryl/α,β-unsaturated/α-hetero) is 4. The molecule has 18 N–H and O–H groups in total. The minimum Gasteiger partial charge on any atom is -0.508 e. The van der Waals surface area contributed by atoms with Crippen LogP contribution in [-0.2, 0) is 44.8 Å². The highest BCUT2D eigenvalue weighted by Gasteiger charge is 2.68. The Kier molecular flexibility index (Phi) is 13.8. The summed E-state index contributed by atoms with van der Waals surface area (Å²) < 4.78 is 0. The fourth-order valence-corrected chi connectivity index (χ4v) is 12.3. The maximum atomic E-state index is 14.3. The molecule has 2 aromatic rings. The molecule has 0 radical (unpaired) electrons. The Balaban J connectivity index is 0.849. The maximum absolute atomic E-state index is 14.3. The van der Waals surface area contributed by atoms with Gasteiger partial charge in [0.1, 0.15) is 45.7 Å². The lowest BCUT2D eigenvalue weighted by atomic mass is 9.54. The monoisotopic (exact) mass is 1060 g/mol. The van der Waals surface area contributed by atoms with E-state index in [1.165, 1.54) is 63.2 Å². The summed E-state index contributed by atoms with van der Waals surface area (Å²) >= 11 is 0. The van der Waals surface area contributed by atoms with Crippen LogP contribution in [0.2, 0.25) is 0 Å². The molecule has 406 valence electrons. The van der Waals surface area contributed by atoms with E-state index in [1.54, 1.807) is 0 Å². The van der Waals surface area contributed by atoms with Crippen molar-refractivity contribution in [2.24, 2.45) is 35.1 Å². The van der Waals surface area contributed by atoms with Gasteiger partial charge >= 0.3 is 6.03 Å². The van der Waals surface area contributed by atoms with Crippen molar-refractivity contribution >= 4 is 64.1 Å². The number of carbonyl (C=O) groups excluding carboxylic acids is 8. The van der Waals surface area contributed by atoms with Gasteiger partial charge in [-0.05, 0) is 76.9 Å². The predicted molar refractivity (Wildman–Crippen MR) is 263 cm³/mol. The van der Waals surface area contributed by atoms with Gasteiger partial charge in [-0.15, -0.1) is 0 Å². The Labute approximate surface area is 432 Å². The van der Waals surface area contributed by atoms with E-state index in [4.69, 9.17) is 11.5 Å². The van der Waals surface area contributed by atoms with Gasteiger partial charge in [0.15, 0.2) is 22.8 Å². The van der Waals surface area contributed by atoms with Crippen LogP contribution in [0.5, 0.6) is 11.5 Å². The second-order valence-electron chi connectivity index (χ2n) is 20.7. The Morgan fingerprint density at radius 2 is 1.20 bits per heavy atom. The molecule has 25 heteroatoms. The van der Waals surface area contributed by atoms with Gasteiger partial charge in [0, 0.05) is 60.9 Å². The van der Waals surface area contributed by atoms with Crippen LogP contribution in [0.15, 0.2) is 64.1 Å². The number of nitrogens with zero attached hydrogens (tertiary/aromatic N) is 1. The summed E-state index contributed by atoms with van der Waals surface area (Å²) in [5.41, 5.74) is -3.36. The lowest BCUT2D eigenvalue weighted by molar-refractivity contribution is -0.159. The number of hydrogen-bond acceptors (Lipinski definition) is 20. The number of aliphatic hydroxyl groups is 8. The number of unbranched alkanes of at least 4 members (excludes halogenated alkanes) is 2. The molecule has 2 fully saturated rings. The molecule has 76 heavy (non-hydrogen) atoms. The average molecular weight is 1060 g/mol. The molecule has 6 aliphatic carbocycles. The van der Waals surface area contributed by atoms with Crippen molar-refractivity contribution < 1.29 is 89.4 Å². The van der Waals surface area contributed by atoms with Crippen LogP contribution < -0.4 is 32.7 Å². The van der Waals surface area contributed by atoms with Crippen molar-refractivity contribution in [3.05, 3.63) is 86.4 Å². The van der Waals surface area contributed by atoms with E-state index in [-0.39, 0.29) is 54.9 Å². The number of primary amides is 2. The van der Waals surface area contributed by atoms with E-state index >= 15 is 0 Å². The number of carbonyl (C=O) groups is 8. The first kappa shape index (κ1) is 54.6. The Morgan fingerprint density at radius 1 is 0.658 bits per heavy atom. The number of hydrogen-bond donors (Lipinski definition) is 16. The quantitative estimate of drug-likeness (QED) is 0.0619. The van der Waals surface area contributed by atoms with Gasteiger partial charge in [-0.25, -0.2) is 4.79 Å². The summed E-state index contributed by atoms with van der Waals surface area (Å²) in [5.74, 6) is -19.0. The van der Waals surface area contributed by atoms with Crippen LogP contribution in [0.3, 0.4) is 0 Å². The molecule has 10 atom stereocenters. The van der Waals surface area contributed by atoms with Crippen molar-refractivity contribution in [3.8, 4) is 11.5 Å². The molecule has 0 aromatic heterocycles. The summed E-state index contributed by atoms with van der Waals surface area (Å²) in [6.07, 6.45) is 0.392. The predicted octanol–water partition coefficient (Wildman–Crippen LogP) is -0.902. The summed E-state index contributed by atoms with van der Waals surface area (Å²) in [4.78, 5) is 107. The van der Waals surface area contributed by atoms with Gasteiger partial charge in [-0.3, -0.25) is 38.5 Å². The largest absolute Gasteiger partial charge is 0.508 e. The molecular weight excluding hydrogens is 999 g/mol. The van der Waals surface area contributed by atoms with Gasteiger partial charge in [-0.2, -0.15) is 0 Å². The van der Waals surface area contributed by atoms with E-state index in [9.17, 15) is 89.4 Å². The first-order valence-corrected chi connectivity index (χ1v) is 24.3. The number of amides is 5. The highest BCUT2D eigenvalue weighted by Crippen LogP contribution is 2.59. The van der Waals surface area contributed by atoms with Crippen molar-refractivity contribution in [2.75, 3.05) is 39.0 Å². The fourth-order valence-electron chi connectivity index (χ4n) is 12.3. The number of urea groups is 1. The zero-order chi connectivity index (χ0) is 56.0. The number of benzene rings is 2. The molecule has 8 rings (SSSR count). The van der Waals surface area contributed by atoms with Gasteiger partial charge in [0.05, 0.1) is 40.1 Å². The number of phenolic OH excluding ortho intramolecular Hbond substituents is 2. The first-order chi connectivity index (χ1) is 35.5. The lowest BCUT2D eigenvalue weighted by Crippen LogP contribution is -2.67. The van der Waals surface area contributed by atoms with E-state index in [2.05, 4.69) is 21.3 Å². The van der Waals surface area contributed by atoms with E-state index in [1.807, 2.05) is 0 Å². The summed E-state index contributed by atoms with van der Waals surface area (Å²) in [6, 6.07) is 2.84. The van der Waals surface area contributed by atoms with Crippen molar-refractivity contribution in [1.29, 1.82) is 0 Å². The zero-order valence-corrected chi connectivity index (χ0v) is 41.6. The SMILES string of the molecule is CN(C)[C@@H]1C(=O)C(C(N)=O)=C(O)[C@@]2(O)C(=O)C3=C(O)c4c(ccc(NC(=O)NCCCCCC(=O)NCCN[C@@H]5C(=O)C(C(N)=O)=C(O)[C@@]6(O)C(=O)C7=C(O)c8c(O)cccc8[C@@](C)(O)[C@H]7C[C@@H]56)c4O)[C@@](C)(O)[C@H]3C[C@@H]12. The summed E-state index contributed by atoms with van der Waals surface area (Å²) in [7, 11) is 2.88. The summed E-state index contributed by atoms with van der Waals surface area (Å²) in [5, 5.41) is 125. The standard InChI is InChI=1S/C51H59N7O18/c1-48(73)19-9-8-10-26(59)28(19)37(62)30-21(48)17-23-34(39(64)32(45(52)70)43(68)50(23,75)41(30)66)55-16-15-54-27(60)11-6-5-7-14-56-47(72)57-25-13-12-20-29(36(25)61)38(63)31-22(49(20,2)74)18-24-35(58(3)4)40(65)33(46(53)71)44(69)51(24,76)42(31)67/h8-10,12-13,21-24,34-35,55,59,61-63,68-69,73-76H,5-7,11,14-18H2,1-4H3,(H2,52,70)(H2,53,71)(H,54,60)(H2,56,57,72)/t21-,22-,23-,24-,34-,35-,48+,49+,50-,51-/m0/s1. The number of fused-ring (bicyclic) bond motifs is 6. The van der Waals surface area contributed by atoms with E-state index in [0.717, 1.165) is 0 Å². The fraction of sp³-hybridized carbons (Fsp3) is 0.451. The number of aliphatic hydroxyl groups excluding tert-OH is 4. The van der Waals surface area contributed by atoms with Crippen molar-refractivity contribution in [3.63, 3.8) is 0 Å². The molecule has 0 heterocycles. The zero-order valence-electron chi connectivity index (χ0n) is 41.6. The topological polar surface area (TPSA) is 442 Å². The number of aromatic hydroxyl groups is 2. The molecule has 0 bridgehead atoms. The molecule has 0 aliphatic heterocycles. The van der Waals surface area contributed by atoms with Gasteiger partial charge in [-0.1, -0.05) is 24.6 Å². The molecule has 2 saturated carbocycles. The highest BCUT2D eigenvalue weighted by atomic mass is 16.4. The van der Waals surface area contributed by atoms with Crippen LogP contribution in [0, 0.1) is 23.7 Å². The molecule has 0 unspecified atom stereocenters. The Bertz CT molecular complexity index is 3080. The van der Waals surface area contributed by atoms with Crippen LogP contribution in [0.1, 0.15) is 74.6 Å². The minimum absolute atomic E-state index is 0.0179. The summed E-state index contributed by atoms with van der Waals surface area (Å²) in [6.45, 7) is 2.42. The third-order valence-corrected chi connectivity index (χ3v) is 16.1. The van der Waals surface area contributed by atoms with Crippen LogP contribution in [-0.4, -0.2) is 160 Å². The Morgan fingerprint density at radius 3 is 1.78 bits per heavy atom. The third-order valence-electron chi connectivity index (χ3n) is 16.1. The van der Waals surface area contributed by atoms with Crippen LogP contribution in [0.25, 0.3) is 11.5 Å². The second-order valence-corrected chi connectivity index (χ2v) is 20.7. The normalized spacial score (nSPS) is 30.8. The van der Waals surface area contributed by atoms with Crippen molar-refractivity contribution in [1.82, 2.24) is 20.9 Å². The molecule has 2 aromatic carbocycles.